The van der Waals surface area contributed by atoms with Crippen LogP contribution in [0, 0.1) is 0 Å². The lowest BCUT2D eigenvalue weighted by Gasteiger charge is -2.33. The van der Waals surface area contributed by atoms with Gasteiger partial charge >= 0.3 is 0 Å². The highest BCUT2D eigenvalue weighted by atomic mass is 127. The molecule has 0 aromatic carbocycles. The van der Waals surface area contributed by atoms with Crippen molar-refractivity contribution in [3.05, 3.63) is 36.1 Å². The topological polar surface area (TPSA) is 91.5 Å². The van der Waals surface area contributed by atoms with Gasteiger partial charge in [-0.05, 0) is 25.0 Å². The molecule has 0 unspecified atom stereocenters. The van der Waals surface area contributed by atoms with Gasteiger partial charge < -0.3 is 20.1 Å². The summed E-state index contributed by atoms with van der Waals surface area (Å²) in [6, 6.07) is 6.42. The Labute approximate surface area is 183 Å². The van der Waals surface area contributed by atoms with Gasteiger partial charge in [0.2, 0.25) is 5.89 Å². The third-order valence-electron chi connectivity index (χ3n) is 4.56. The number of anilines is 1. The van der Waals surface area contributed by atoms with Crippen LogP contribution in [-0.2, 0) is 12.0 Å². The number of nitrogens with zero attached hydrogens (tertiary/aromatic N) is 5. The van der Waals surface area contributed by atoms with E-state index in [0.29, 0.717) is 24.3 Å². The van der Waals surface area contributed by atoms with Crippen LogP contribution in [0.5, 0.6) is 0 Å². The maximum Gasteiger partial charge on any atom is 0.232 e. The molecule has 3 rings (SSSR count). The van der Waals surface area contributed by atoms with Crippen LogP contribution in [0.1, 0.15) is 45.3 Å². The minimum Gasteiger partial charge on any atom is -0.356 e. The first-order valence-corrected chi connectivity index (χ1v) is 9.42. The summed E-state index contributed by atoms with van der Waals surface area (Å²) >= 11 is 0. The molecular formula is C19H30IN7O. The largest absolute Gasteiger partial charge is 0.356 e. The summed E-state index contributed by atoms with van der Waals surface area (Å²) in [5.74, 6) is 3.08. The molecule has 1 saturated heterocycles. The first-order valence-electron chi connectivity index (χ1n) is 9.42. The molecule has 8 nitrogen and oxygen atoms in total. The molecule has 2 N–H and O–H groups in total. The van der Waals surface area contributed by atoms with Gasteiger partial charge in [0.05, 0.1) is 6.54 Å². The summed E-state index contributed by atoms with van der Waals surface area (Å²) in [6.45, 7) is 8.59. The number of hydrogen-bond acceptors (Lipinski definition) is 6. The molecule has 0 atom stereocenters. The number of pyridine rings is 1. The lowest BCUT2D eigenvalue weighted by Crippen LogP contribution is -2.48. The number of nitrogens with one attached hydrogen (secondary N) is 2. The molecule has 0 saturated carbocycles. The zero-order valence-corrected chi connectivity index (χ0v) is 19.3. The molecule has 0 aliphatic carbocycles. The summed E-state index contributed by atoms with van der Waals surface area (Å²) in [7, 11) is 1.77. The molecular weight excluding hydrogens is 469 g/mol. The molecule has 2 aromatic rings. The molecule has 0 spiro atoms. The Kier molecular flexibility index (Phi) is 8.02. The standard InChI is InChI=1S/C19H29N7O.HI/c1-19(2,3)17-24-15(25-27-17)13-22-18(20-4)23-14-8-11-26(12-9-14)16-7-5-6-10-21-16;/h5-7,10,14H,8-9,11-13H2,1-4H3,(H2,20,22,23);1H. The van der Waals surface area contributed by atoms with Crippen LogP contribution >= 0.6 is 24.0 Å². The molecule has 0 bridgehead atoms. The molecule has 154 valence electrons. The van der Waals surface area contributed by atoms with Gasteiger partial charge in [-0.3, -0.25) is 4.99 Å². The van der Waals surface area contributed by atoms with E-state index in [-0.39, 0.29) is 29.4 Å². The Hall–Kier alpha value is -1.91. The maximum absolute atomic E-state index is 5.33. The van der Waals surface area contributed by atoms with Crippen molar-refractivity contribution in [1.29, 1.82) is 0 Å². The van der Waals surface area contributed by atoms with Crippen LogP contribution in [0.3, 0.4) is 0 Å². The second kappa shape index (κ2) is 10.0. The number of halogens is 1. The van der Waals surface area contributed by atoms with Crippen molar-refractivity contribution in [3.8, 4) is 0 Å². The van der Waals surface area contributed by atoms with Gasteiger partial charge in [-0.1, -0.05) is 32.0 Å². The monoisotopic (exact) mass is 499 g/mol. The molecule has 3 heterocycles. The zero-order chi connectivity index (χ0) is 19.3. The fourth-order valence-corrected chi connectivity index (χ4v) is 2.97. The van der Waals surface area contributed by atoms with Crippen molar-refractivity contribution >= 4 is 35.8 Å². The van der Waals surface area contributed by atoms with Gasteiger partial charge in [0.25, 0.3) is 0 Å². The number of aromatic nitrogens is 3. The number of guanidine groups is 1. The molecule has 9 heteroatoms. The average molecular weight is 499 g/mol. The molecule has 1 aliphatic rings. The van der Waals surface area contributed by atoms with Crippen molar-refractivity contribution in [1.82, 2.24) is 25.8 Å². The van der Waals surface area contributed by atoms with E-state index in [1.807, 2.05) is 18.3 Å². The molecule has 1 fully saturated rings. The Balaban J connectivity index is 0.00000280. The quantitative estimate of drug-likeness (QED) is 0.380. The Morgan fingerprint density at radius 1 is 1.29 bits per heavy atom. The highest BCUT2D eigenvalue weighted by Crippen LogP contribution is 2.19. The van der Waals surface area contributed by atoms with Crippen LogP contribution in [0.2, 0.25) is 0 Å². The lowest BCUT2D eigenvalue weighted by molar-refractivity contribution is 0.318. The van der Waals surface area contributed by atoms with Crippen molar-refractivity contribution in [2.45, 2.75) is 51.6 Å². The highest BCUT2D eigenvalue weighted by molar-refractivity contribution is 14.0. The van der Waals surface area contributed by atoms with E-state index in [9.17, 15) is 0 Å². The second-order valence-electron chi connectivity index (χ2n) is 7.79. The number of hydrogen-bond donors (Lipinski definition) is 2. The van der Waals surface area contributed by atoms with E-state index in [0.717, 1.165) is 37.7 Å². The number of rotatable bonds is 4. The zero-order valence-electron chi connectivity index (χ0n) is 17.0. The Morgan fingerprint density at radius 3 is 2.61 bits per heavy atom. The third kappa shape index (κ3) is 6.05. The predicted molar refractivity (Wildman–Crippen MR) is 121 cm³/mol. The summed E-state index contributed by atoms with van der Waals surface area (Å²) in [5, 5.41) is 10.8. The van der Waals surface area contributed by atoms with Crippen LogP contribution in [-0.4, -0.2) is 47.3 Å². The minimum absolute atomic E-state index is 0. The third-order valence-corrected chi connectivity index (χ3v) is 4.56. The first-order chi connectivity index (χ1) is 13.0. The van der Waals surface area contributed by atoms with E-state index in [4.69, 9.17) is 4.52 Å². The average Bonchev–Trinajstić information content (AvgIpc) is 3.16. The van der Waals surface area contributed by atoms with E-state index >= 15 is 0 Å². The fourth-order valence-electron chi connectivity index (χ4n) is 2.97. The van der Waals surface area contributed by atoms with E-state index in [1.54, 1.807) is 7.05 Å². The Morgan fingerprint density at radius 2 is 2.04 bits per heavy atom. The van der Waals surface area contributed by atoms with Gasteiger partial charge in [0.1, 0.15) is 5.82 Å². The normalized spacial score (nSPS) is 15.9. The number of aliphatic imine (C=N–C) groups is 1. The van der Waals surface area contributed by atoms with Gasteiger partial charge in [-0.2, -0.15) is 4.98 Å². The van der Waals surface area contributed by atoms with E-state index in [2.05, 4.69) is 62.5 Å². The maximum atomic E-state index is 5.33. The van der Waals surface area contributed by atoms with Crippen LogP contribution in [0.4, 0.5) is 5.82 Å². The second-order valence-corrected chi connectivity index (χ2v) is 7.79. The van der Waals surface area contributed by atoms with E-state index in [1.165, 1.54) is 0 Å². The Bertz CT molecular complexity index is 749. The van der Waals surface area contributed by atoms with Crippen LogP contribution in [0.15, 0.2) is 33.9 Å². The number of piperidine rings is 1. The van der Waals surface area contributed by atoms with E-state index < -0.39 is 0 Å². The lowest BCUT2D eigenvalue weighted by atomic mass is 9.97. The summed E-state index contributed by atoms with van der Waals surface area (Å²) in [4.78, 5) is 15.5. The van der Waals surface area contributed by atoms with Gasteiger partial charge in [0.15, 0.2) is 11.8 Å². The SMILES string of the molecule is CN=C(NCc1noc(C(C)(C)C)n1)NC1CCN(c2ccccn2)CC1.I. The molecule has 2 aromatic heterocycles. The van der Waals surface area contributed by atoms with Crippen LogP contribution in [0.25, 0.3) is 0 Å². The van der Waals surface area contributed by atoms with Gasteiger partial charge in [-0.25, -0.2) is 4.98 Å². The highest BCUT2D eigenvalue weighted by Gasteiger charge is 2.23. The van der Waals surface area contributed by atoms with Crippen molar-refractivity contribution in [2.24, 2.45) is 4.99 Å². The summed E-state index contributed by atoms with van der Waals surface area (Å²) in [6.07, 6.45) is 3.91. The molecule has 0 radical (unpaired) electrons. The van der Waals surface area contributed by atoms with Crippen LogP contribution < -0.4 is 15.5 Å². The van der Waals surface area contributed by atoms with Crippen molar-refractivity contribution in [2.75, 3.05) is 25.0 Å². The van der Waals surface area contributed by atoms with Crippen molar-refractivity contribution < 1.29 is 4.52 Å². The molecule has 0 amide bonds. The smallest absolute Gasteiger partial charge is 0.232 e. The predicted octanol–water partition coefficient (Wildman–Crippen LogP) is 2.71. The fraction of sp³-hybridized carbons (Fsp3) is 0.579. The summed E-state index contributed by atoms with van der Waals surface area (Å²) in [5.41, 5.74) is -0.146. The summed E-state index contributed by atoms with van der Waals surface area (Å²) < 4.78 is 5.33. The first kappa shape index (κ1) is 22.4. The van der Waals surface area contributed by atoms with Crippen molar-refractivity contribution in [3.63, 3.8) is 0 Å². The van der Waals surface area contributed by atoms with Gasteiger partial charge in [0, 0.05) is 37.8 Å². The molecule has 28 heavy (non-hydrogen) atoms. The molecule has 1 aliphatic heterocycles. The minimum atomic E-state index is -0.146. The van der Waals surface area contributed by atoms with Gasteiger partial charge in [-0.15, -0.1) is 24.0 Å².